The normalized spacial score (nSPS) is 17.0. The van der Waals surface area contributed by atoms with Gasteiger partial charge in [0.25, 0.3) is 5.91 Å². The van der Waals surface area contributed by atoms with E-state index >= 15 is 0 Å². The van der Waals surface area contributed by atoms with Gasteiger partial charge < -0.3 is 10.6 Å². The molecule has 0 bridgehead atoms. The lowest BCUT2D eigenvalue weighted by atomic mass is 9.81. The summed E-state index contributed by atoms with van der Waals surface area (Å²) in [5.74, 6) is -0.173. The molecule has 0 spiro atoms. The van der Waals surface area contributed by atoms with Gasteiger partial charge in [-0.15, -0.1) is 11.3 Å². The number of hydrogen-bond acceptors (Lipinski definition) is 3. The van der Waals surface area contributed by atoms with Crippen LogP contribution in [0.25, 0.3) is 10.8 Å². The van der Waals surface area contributed by atoms with Gasteiger partial charge in [0.1, 0.15) is 16.6 Å². The second-order valence-electron chi connectivity index (χ2n) is 8.74. The summed E-state index contributed by atoms with van der Waals surface area (Å²) < 4.78 is 0. The lowest BCUT2D eigenvalue weighted by molar-refractivity contribution is -0.789. The number of carbonyl (C=O) groups is 1. The van der Waals surface area contributed by atoms with Crippen molar-refractivity contribution in [1.82, 2.24) is 0 Å². The van der Waals surface area contributed by atoms with Gasteiger partial charge in [0.05, 0.1) is 16.0 Å². The molecule has 3 N–H and O–H groups in total. The fourth-order valence-corrected chi connectivity index (χ4v) is 5.74. The van der Waals surface area contributed by atoms with Crippen LogP contribution in [0.15, 0.2) is 42.5 Å². The lowest BCUT2D eigenvalue weighted by Crippen LogP contribution is -3.03. The monoisotopic (exact) mass is 390 g/mol. The van der Waals surface area contributed by atoms with E-state index in [1.54, 1.807) is 0 Å². The number of anilines is 1. The molecule has 1 aromatic heterocycles. The van der Waals surface area contributed by atoms with Crippen LogP contribution in [-0.4, -0.2) is 11.4 Å². The van der Waals surface area contributed by atoms with Crippen LogP contribution in [0, 0.1) is 11.3 Å². The summed E-state index contributed by atoms with van der Waals surface area (Å²) in [6, 6.07) is 15.9. The number of fused-ring (bicyclic) bond motifs is 2. The summed E-state index contributed by atoms with van der Waals surface area (Å²) in [7, 11) is 0. The number of benzene rings is 2. The molecule has 2 heterocycles. The minimum absolute atomic E-state index is 0.0140. The van der Waals surface area contributed by atoms with Crippen LogP contribution in [0.4, 0.5) is 5.00 Å². The van der Waals surface area contributed by atoms with Crippen LogP contribution in [0.5, 0.6) is 0 Å². The second kappa shape index (κ2) is 6.44. The first-order valence-corrected chi connectivity index (χ1v) is 10.3. The molecule has 5 heteroatoms. The molecule has 142 valence electrons. The van der Waals surface area contributed by atoms with Crippen molar-refractivity contribution >= 4 is 33.0 Å². The Labute approximate surface area is 169 Å². The maximum absolute atomic E-state index is 13.1. The zero-order valence-corrected chi connectivity index (χ0v) is 17.4. The smallest absolute Gasteiger partial charge is 0.256 e. The van der Waals surface area contributed by atoms with E-state index in [1.165, 1.54) is 16.2 Å². The van der Waals surface area contributed by atoms with E-state index in [4.69, 9.17) is 0 Å². The molecular weight excluding hydrogens is 366 g/mol. The molecule has 2 aromatic carbocycles. The maximum Gasteiger partial charge on any atom is 0.256 e. The molecule has 0 atom stereocenters. The summed E-state index contributed by atoms with van der Waals surface area (Å²) in [6.45, 7) is 8.76. The van der Waals surface area contributed by atoms with Crippen molar-refractivity contribution in [1.29, 1.82) is 5.26 Å². The molecule has 0 fully saturated rings. The Balaban J connectivity index is 1.76. The predicted molar refractivity (Wildman–Crippen MR) is 114 cm³/mol. The fraction of sp³-hybridized carbons (Fsp3) is 0.304. The molecule has 1 amide bonds. The number of thiophene rings is 1. The average molecular weight is 391 g/mol. The molecule has 0 saturated heterocycles. The standard InChI is InChI=1S/C23H23N3OS/c1-22(2)12-17-18(13-24)21(28-19(17)23(3,4)26-22)25-20(27)16-11-7-9-14-8-5-6-10-15(14)16/h5-11,26H,12H2,1-4H3,(H,25,27)/p+1. The van der Waals surface area contributed by atoms with Gasteiger partial charge in [0.15, 0.2) is 0 Å². The molecule has 3 aromatic rings. The topological polar surface area (TPSA) is 69.5 Å². The summed E-state index contributed by atoms with van der Waals surface area (Å²) in [4.78, 5) is 14.3. The third-order valence-electron chi connectivity index (χ3n) is 5.35. The first-order valence-electron chi connectivity index (χ1n) is 9.44. The molecule has 4 nitrogen and oxygen atoms in total. The van der Waals surface area contributed by atoms with Crippen LogP contribution >= 0.6 is 11.3 Å². The van der Waals surface area contributed by atoms with Gasteiger partial charge in [-0.1, -0.05) is 36.4 Å². The van der Waals surface area contributed by atoms with Crippen LogP contribution < -0.4 is 10.6 Å². The Kier molecular flexibility index (Phi) is 4.29. The first-order chi connectivity index (χ1) is 13.2. The van der Waals surface area contributed by atoms with Gasteiger partial charge in [-0.2, -0.15) is 5.26 Å². The zero-order chi connectivity index (χ0) is 20.1. The summed E-state index contributed by atoms with van der Waals surface area (Å²) in [5, 5.41) is 17.8. The van der Waals surface area contributed by atoms with Crippen molar-refractivity contribution in [3.8, 4) is 6.07 Å². The highest BCUT2D eigenvalue weighted by Crippen LogP contribution is 2.42. The van der Waals surface area contributed by atoms with E-state index in [0.717, 1.165) is 22.8 Å². The van der Waals surface area contributed by atoms with E-state index in [2.05, 4.69) is 44.4 Å². The fourth-order valence-electron chi connectivity index (χ4n) is 4.50. The van der Waals surface area contributed by atoms with Crippen molar-refractivity contribution in [2.75, 3.05) is 5.32 Å². The van der Waals surface area contributed by atoms with Crippen molar-refractivity contribution < 1.29 is 10.1 Å². The number of nitriles is 1. The maximum atomic E-state index is 13.1. The largest absolute Gasteiger partial charge is 0.333 e. The van der Waals surface area contributed by atoms with E-state index in [0.29, 0.717) is 16.1 Å². The summed E-state index contributed by atoms with van der Waals surface area (Å²) >= 11 is 1.54. The van der Waals surface area contributed by atoms with Gasteiger partial charge >= 0.3 is 0 Å². The van der Waals surface area contributed by atoms with Crippen LogP contribution in [0.1, 0.15) is 54.1 Å². The van der Waals surface area contributed by atoms with Gasteiger partial charge in [0.2, 0.25) is 0 Å². The third kappa shape index (κ3) is 3.09. The Morgan fingerprint density at radius 1 is 1.14 bits per heavy atom. The van der Waals surface area contributed by atoms with Gasteiger partial charge in [-0.05, 0) is 50.1 Å². The number of rotatable bonds is 2. The molecule has 0 saturated carbocycles. The molecule has 1 aliphatic heterocycles. The van der Waals surface area contributed by atoms with Crippen molar-refractivity contribution in [2.45, 2.75) is 45.2 Å². The van der Waals surface area contributed by atoms with E-state index < -0.39 is 0 Å². The van der Waals surface area contributed by atoms with Crippen molar-refractivity contribution in [3.63, 3.8) is 0 Å². The lowest BCUT2D eigenvalue weighted by Gasteiger charge is -2.38. The number of nitrogens with zero attached hydrogens (tertiary/aromatic N) is 1. The molecule has 28 heavy (non-hydrogen) atoms. The van der Waals surface area contributed by atoms with Gasteiger partial charge in [-0.3, -0.25) is 4.79 Å². The van der Waals surface area contributed by atoms with E-state index in [-0.39, 0.29) is 17.0 Å². The quantitative estimate of drug-likeness (QED) is 0.690. The Morgan fingerprint density at radius 3 is 2.61 bits per heavy atom. The highest BCUT2D eigenvalue weighted by molar-refractivity contribution is 7.17. The number of quaternary nitrogens is 1. The SMILES string of the molecule is CC1(C)Cc2c(sc(NC(=O)c3cccc4ccccc34)c2C#N)C(C)(C)[NH2+]1. The Bertz CT molecular complexity index is 1130. The minimum atomic E-state index is -0.173. The van der Waals surface area contributed by atoms with E-state index in [9.17, 15) is 10.1 Å². The van der Waals surface area contributed by atoms with Crippen LogP contribution in [0.2, 0.25) is 0 Å². The highest BCUT2D eigenvalue weighted by Gasteiger charge is 2.44. The predicted octanol–water partition coefficient (Wildman–Crippen LogP) is 4.16. The van der Waals surface area contributed by atoms with Crippen molar-refractivity contribution in [3.05, 3.63) is 64.0 Å². The van der Waals surface area contributed by atoms with Crippen LogP contribution in [0.3, 0.4) is 0 Å². The number of hydrogen-bond donors (Lipinski definition) is 2. The number of carbonyl (C=O) groups excluding carboxylic acids is 1. The Hall–Kier alpha value is -2.68. The zero-order valence-electron chi connectivity index (χ0n) is 16.6. The van der Waals surface area contributed by atoms with Crippen LogP contribution in [-0.2, 0) is 12.0 Å². The summed E-state index contributed by atoms with van der Waals surface area (Å²) in [6.07, 6.45) is 0.815. The van der Waals surface area contributed by atoms with Gasteiger partial charge in [0, 0.05) is 12.0 Å². The summed E-state index contributed by atoms with van der Waals surface area (Å²) in [5.41, 5.74) is 2.20. The molecule has 4 rings (SSSR count). The second-order valence-corrected chi connectivity index (χ2v) is 9.76. The number of nitrogens with two attached hydrogens (primary N) is 1. The highest BCUT2D eigenvalue weighted by atomic mass is 32.1. The first kappa shape index (κ1) is 18.7. The molecule has 0 unspecified atom stereocenters. The van der Waals surface area contributed by atoms with E-state index in [1.807, 2.05) is 42.5 Å². The van der Waals surface area contributed by atoms with Gasteiger partial charge in [-0.25, -0.2) is 0 Å². The Morgan fingerprint density at radius 2 is 1.86 bits per heavy atom. The molecular formula is C23H24N3OS+. The molecule has 0 radical (unpaired) electrons. The average Bonchev–Trinajstić information content (AvgIpc) is 2.97. The number of amides is 1. The molecule has 0 aliphatic carbocycles. The van der Waals surface area contributed by atoms with Crippen molar-refractivity contribution in [2.24, 2.45) is 0 Å². The third-order valence-corrected chi connectivity index (χ3v) is 6.84. The molecule has 1 aliphatic rings. The number of nitrogens with one attached hydrogen (secondary N) is 1. The minimum Gasteiger partial charge on any atom is -0.333 e.